The van der Waals surface area contributed by atoms with Gasteiger partial charge in [-0.1, -0.05) is 26.2 Å². The van der Waals surface area contributed by atoms with E-state index in [1.807, 2.05) is 20.8 Å². The molecule has 0 aliphatic carbocycles. The van der Waals surface area contributed by atoms with Crippen LogP contribution in [0.1, 0.15) is 66.8 Å². The molecular formula is C15H25NO2. The minimum absolute atomic E-state index is 0.238. The Bertz CT molecular complexity index is 393. The highest BCUT2D eigenvalue weighted by atomic mass is 16.5. The summed E-state index contributed by atoms with van der Waals surface area (Å²) in [5.74, 6) is -0.238. The number of esters is 1. The lowest BCUT2D eigenvalue weighted by Crippen LogP contribution is -2.06. The first-order valence-corrected chi connectivity index (χ1v) is 6.96. The number of unbranched alkanes of at least 4 members (excludes halogenated alkanes) is 3. The second-order valence-corrected chi connectivity index (χ2v) is 4.76. The zero-order valence-corrected chi connectivity index (χ0v) is 12.1. The molecule has 1 N–H and O–H groups in total. The van der Waals surface area contributed by atoms with Crippen molar-refractivity contribution in [3.05, 3.63) is 22.5 Å². The van der Waals surface area contributed by atoms with Crippen molar-refractivity contribution in [1.82, 2.24) is 4.98 Å². The molecule has 0 atom stereocenters. The molecule has 0 radical (unpaired) electrons. The molecule has 1 rings (SSSR count). The van der Waals surface area contributed by atoms with E-state index in [0.717, 1.165) is 17.7 Å². The second kappa shape index (κ2) is 7.24. The van der Waals surface area contributed by atoms with Gasteiger partial charge in [-0.3, -0.25) is 0 Å². The Morgan fingerprint density at radius 1 is 1.17 bits per heavy atom. The SMILES string of the molecule is CCCCCCc1c(C)[nH]c(C(=O)OCC)c1C. The third-order valence-electron chi connectivity index (χ3n) is 3.35. The number of nitrogens with one attached hydrogen (secondary N) is 1. The van der Waals surface area contributed by atoms with Crippen LogP contribution in [0.25, 0.3) is 0 Å². The predicted molar refractivity (Wildman–Crippen MR) is 74.1 cm³/mol. The van der Waals surface area contributed by atoms with Gasteiger partial charge in [0.1, 0.15) is 5.69 Å². The fourth-order valence-electron chi connectivity index (χ4n) is 2.30. The molecule has 0 fully saturated rings. The summed E-state index contributed by atoms with van der Waals surface area (Å²) >= 11 is 0. The number of carbonyl (C=O) groups excluding carboxylic acids is 1. The Kier molecular flexibility index (Phi) is 5.96. The summed E-state index contributed by atoms with van der Waals surface area (Å²) in [6.07, 6.45) is 6.03. The number of hydrogen-bond acceptors (Lipinski definition) is 2. The number of ether oxygens (including phenoxy) is 1. The van der Waals surface area contributed by atoms with Crippen molar-refractivity contribution < 1.29 is 9.53 Å². The average molecular weight is 251 g/mol. The molecule has 0 bridgehead atoms. The van der Waals surface area contributed by atoms with Crippen molar-refractivity contribution in [2.24, 2.45) is 0 Å². The summed E-state index contributed by atoms with van der Waals surface area (Å²) in [5, 5.41) is 0. The van der Waals surface area contributed by atoms with Gasteiger partial charge in [-0.25, -0.2) is 4.79 Å². The Morgan fingerprint density at radius 3 is 2.50 bits per heavy atom. The largest absolute Gasteiger partial charge is 0.461 e. The third-order valence-corrected chi connectivity index (χ3v) is 3.35. The maximum absolute atomic E-state index is 11.8. The van der Waals surface area contributed by atoms with Gasteiger partial charge in [0.25, 0.3) is 0 Å². The smallest absolute Gasteiger partial charge is 0.355 e. The lowest BCUT2D eigenvalue weighted by atomic mass is 10.0. The highest BCUT2D eigenvalue weighted by Crippen LogP contribution is 2.21. The molecule has 3 heteroatoms. The molecule has 0 aliphatic heterocycles. The van der Waals surface area contributed by atoms with E-state index in [1.54, 1.807) is 0 Å². The first-order valence-electron chi connectivity index (χ1n) is 6.96. The minimum Gasteiger partial charge on any atom is -0.461 e. The van der Waals surface area contributed by atoms with E-state index in [1.165, 1.54) is 31.2 Å². The summed E-state index contributed by atoms with van der Waals surface area (Å²) in [6, 6.07) is 0. The van der Waals surface area contributed by atoms with Gasteiger partial charge >= 0.3 is 5.97 Å². The number of aromatic amines is 1. The van der Waals surface area contributed by atoms with Crippen LogP contribution in [0.15, 0.2) is 0 Å². The van der Waals surface area contributed by atoms with E-state index in [0.29, 0.717) is 12.3 Å². The number of H-pyrrole nitrogens is 1. The maximum Gasteiger partial charge on any atom is 0.355 e. The zero-order chi connectivity index (χ0) is 13.5. The van der Waals surface area contributed by atoms with Crippen LogP contribution in [-0.2, 0) is 11.2 Å². The predicted octanol–water partition coefficient (Wildman–Crippen LogP) is 3.93. The molecular weight excluding hydrogens is 226 g/mol. The summed E-state index contributed by atoms with van der Waals surface area (Å²) in [5.41, 5.74) is 4.07. The van der Waals surface area contributed by atoms with Gasteiger partial charge in [-0.05, 0) is 44.7 Å². The minimum atomic E-state index is -0.238. The van der Waals surface area contributed by atoms with Crippen molar-refractivity contribution in [3.63, 3.8) is 0 Å². The Balaban J connectivity index is 2.71. The molecule has 0 spiro atoms. The number of carbonyl (C=O) groups is 1. The third kappa shape index (κ3) is 3.62. The normalized spacial score (nSPS) is 10.7. The average Bonchev–Trinajstić information content (AvgIpc) is 2.62. The first-order chi connectivity index (χ1) is 8.61. The molecule has 1 aromatic heterocycles. The Labute approximate surface area is 110 Å². The molecule has 0 aromatic carbocycles. The van der Waals surface area contributed by atoms with E-state index in [-0.39, 0.29) is 5.97 Å². The molecule has 0 aliphatic rings. The topological polar surface area (TPSA) is 42.1 Å². The zero-order valence-electron chi connectivity index (χ0n) is 12.1. The highest BCUT2D eigenvalue weighted by molar-refractivity contribution is 5.89. The molecule has 0 unspecified atom stereocenters. The molecule has 3 nitrogen and oxygen atoms in total. The van der Waals surface area contributed by atoms with E-state index in [4.69, 9.17) is 4.74 Å². The number of aryl methyl sites for hydroxylation is 1. The van der Waals surface area contributed by atoms with Gasteiger partial charge in [0.15, 0.2) is 0 Å². The van der Waals surface area contributed by atoms with Crippen molar-refractivity contribution in [2.75, 3.05) is 6.61 Å². The number of hydrogen-bond donors (Lipinski definition) is 1. The molecule has 0 saturated heterocycles. The molecule has 1 aromatic rings. The van der Waals surface area contributed by atoms with Crippen LogP contribution in [0.5, 0.6) is 0 Å². The lowest BCUT2D eigenvalue weighted by Gasteiger charge is -2.03. The molecule has 1 heterocycles. The summed E-state index contributed by atoms with van der Waals surface area (Å²) < 4.78 is 5.05. The molecule has 18 heavy (non-hydrogen) atoms. The summed E-state index contributed by atoms with van der Waals surface area (Å²) in [4.78, 5) is 14.9. The van der Waals surface area contributed by atoms with E-state index < -0.39 is 0 Å². The monoisotopic (exact) mass is 251 g/mol. The van der Waals surface area contributed by atoms with Crippen LogP contribution < -0.4 is 0 Å². The summed E-state index contributed by atoms with van der Waals surface area (Å²) in [6.45, 7) is 8.50. The Hall–Kier alpha value is -1.25. The van der Waals surface area contributed by atoms with Crippen LogP contribution in [0.3, 0.4) is 0 Å². The van der Waals surface area contributed by atoms with Gasteiger partial charge in [0, 0.05) is 5.69 Å². The number of aromatic nitrogens is 1. The standard InChI is InChI=1S/C15H25NO2/c1-5-7-8-9-10-13-11(3)14(16-12(13)4)15(17)18-6-2/h16H,5-10H2,1-4H3. The lowest BCUT2D eigenvalue weighted by molar-refractivity contribution is 0.0519. The molecule has 102 valence electrons. The van der Waals surface area contributed by atoms with Crippen molar-refractivity contribution in [1.29, 1.82) is 0 Å². The fourth-order valence-corrected chi connectivity index (χ4v) is 2.30. The van der Waals surface area contributed by atoms with Crippen molar-refractivity contribution >= 4 is 5.97 Å². The van der Waals surface area contributed by atoms with E-state index in [2.05, 4.69) is 11.9 Å². The molecule has 0 saturated carbocycles. The van der Waals surface area contributed by atoms with Crippen LogP contribution in [-0.4, -0.2) is 17.6 Å². The van der Waals surface area contributed by atoms with Crippen molar-refractivity contribution in [2.45, 2.75) is 59.8 Å². The highest BCUT2D eigenvalue weighted by Gasteiger charge is 2.17. The van der Waals surface area contributed by atoms with Crippen LogP contribution in [0, 0.1) is 13.8 Å². The first kappa shape index (κ1) is 14.8. The number of rotatable bonds is 7. The Morgan fingerprint density at radius 2 is 1.89 bits per heavy atom. The van der Waals surface area contributed by atoms with Crippen LogP contribution in [0.2, 0.25) is 0 Å². The molecule has 0 amide bonds. The van der Waals surface area contributed by atoms with Gasteiger partial charge in [-0.15, -0.1) is 0 Å². The maximum atomic E-state index is 11.8. The summed E-state index contributed by atoms with van der Waals surface area (Å²) in [7, 11) is 0. The fraction of sp³-hybridized carbons (Fsp3) is 0.667. The van der Waals surface area contributed by atoms with Crippen LogP contribution in [0.4, 0.5) is 0 Å². The van der Waals surface area contributed by atoms with Gasteiger partial charge in [0.05, 0.1) is 6.61 Å². The quantitative estimate of drug-likeness (QED) is 0.589. The van der Waals surface area contributed by atoms with E-state index in [9.17, 15) is 4.79 Å². The van der Waals surface area contributed by atoms with Gasteiger partial charge in [-0.2, -0.15) is 0 Å². The second-order valence-electron chi connectivity index (χ2n) is 4.76. The van der Waals surface area contributed by atoms with Gasteiger partial charge < -0.3 is 9.72 Å². The van der Waals surface area contributed by atoms with Gasteiger partial charge in [0.2, 0.25) is 0 Å². The van der Waals surface area contributed by atoms with Crippen molar-refractivity contribution in [3.8, 4) is 0 Å². The van der Waals surface area contributed by atoms with Crippen LogP contribution >= 0.6 is 0 Å². The van der Waals surface area contributed by atoms with E-state index >= 15 is 0 Å².